The van der Waals surface area contributed by atoms with Crippen molar-refractivity contribution in [3.8, 4) is 0 Å². The van der Waals surface area contributed by atoms with Gasteiger partial charge in [-0.15, -0.1) is 0 Å². The van der Waals surface area contributed by atoms with Crippen molar-refractivity contribution in [2.24, 2.45) is 7.05 Å². The molecule has 0 aliphatic rings. The average molecular weight is 289 g/mol. The first kappa shape index (κ1) is 13.4. The van der Waals surface area contributed by atoms with Crippen LogP contribution in [0.25, 0.3) is 10.9 Å². The van der Waals surface area contributed by atoms with Crippen LogP contribution in [0.5, 0.6) is 0 Å². The Hall–Kier alpha value is -2.56. The molecule has 3 rings (SSSR count). The number of halogens is 3. The van der Waals surface area contributed by atoms with Crippen molar-refractivity contribution in [3.63, 3.8) is 0 Å². The molecule has 0 bridgehead atoms. The predicted molar refractivity (Wildman–Crippen MR) is 72.7 cm³/mol. The van der Waals surface area contributed by atoms with Gasteiger partial charge in [0.1, 0.15) is 0 Å². The zero-order valence-electron chi connectivity index (χ0n) is 11.0. The van der Waals surface area contributed by atoms with Gasteiger partial charge < -0.3 is 4.57 Å². The van der Waals surface area contributed by atoms with Gasteiger partial charge in [0.15, 0.2) is 23.2 Å². The maximum absolute atomic E-state index is 13.8. The summed E-state index contributed by atoms with van der Waals surface area (Å²) in [5.74, 6) is -5.10. The molecule has 0 unspecified atom stereocenters. The van der Waals surface area contributed by atoms with Gasteiger partial charge in [-0.1, -0.05) is 18.2 Å². The minimum absolute atomic E-state index is 0.248. The number of para-hydroxylation sites is 1. The topological polar surface area (TPSA) is 22.0 Å². The Labute approximate surface area is 118 Å². The molecule has 0 aliphatic heterocycles. The molecule has 106 valence electrons. The summed E-state index contributed by atoms with van der Waals surface area (Å²) >= 11 is 0. The fourth-order valence-corrected chi connectivity index (χ4v) is 2.37. The first-order valence-electron chi connectivity index (χ1n) is 6.23. The van der Waals surface area contributed by atoms with E-state index < -0.39 is 28.8 Å². The number of hydrogen-bond acceptors (Lipinski definition) is 1. The number of fused-ring (bicyclic) bond motifs is 1. The fourth-order valence-electron chi connectivity index (χ4n) is 2.37. The summed E-state index contributed by atoms with van der Waals surface area (Å²) in [5.41, 5.74) is 0.562. The highest BCUT2D eigenvalue weighted by molar-refractivity contribution is 6.16. The lowest BCUT2D eigenvalue weighted by Gasteiger charge is -2.03. The maximum Gasteiger partial charge on any atom is 0.198 e. The summed E-state index contributed by atoms with van der Waals surface area (Å²) in [6, 6.07) is 8.80. The second-order valence-electron chi connectivity index (χ2n) is 4.72. The number of hydrogen-bond donors (Lipinski definition) is 0. The van der Waals surface area contributed by atoms with E-state index in [0.717, 1.165) is 17.6 Å². The molecule has 2 nitrogen and oxygen atoms in total. The minimum Gasteiger partial charge on any atom is -0.350 e. The molecule has 0 atom stereocenters. The van der Waals surface area contributed by atoms with Crippen LogP contribution in [0.1, 0.15) is 15.9 Å². The molecule has 0 fully saturated rings. The zero-order valence-corrected chi connectivity index (χ0v) is 11.0. The smallest absolute Gasteiger partial charge is 0.198 e. The van der Waals surface area contributed by atoms with Crippen LogP contribution in [-0.2, 0) is 7.05 Å². The van der Waals surface area contributed by atoms with Crippen LogP contribution in [0, 0.1) is 17.5 Å². The SMILES string of the molecule is Cn1cc(C(=O)c2ccc(F)c(F)c2F)c2ccccc21. The number of carbonyl (C=O) groups is 1. The Balaban J connectivity index is 2.20. The fraction of sp³-hybridized carbons (Fsp3) is 0.0625. The van der Waals surface area contributed by atoms with Crippen LogP contribution in [0.3, 0.4) is 0 Å². The molecule has 0 aliphatic carbocycles. The molecule has 2 aromatic carbocycles. The third kappa shape index (κ3) is 2.01. The molecule has 0 saturated carbocycles. The van der Waals surface area contributed by atoms with Crippen LogP contribution in [0.2, 0.25) is 0 Å². The van der Waals surface area contributed by atoms with Gasteiger partial charge in [0.05, 0.1) is 5.56 Å². The van der Waals surface area contributed by atoms with E-state index in [9.17, 15) is 18.0 Å². The van der Waals surface area contributed by atoms with Gasteiger partial charge in [0, 0.05) is 29.7 Å². The van der Waals surface area contributed by atoms with Crippen LogP contribution in [-0.4, -0.2) is 10.4 Å². The summed E-state index contributed by atoms with van der Waals surface area (Å²) in [7, 11) is 1.75. The molecular formula is C16H10F3NO. The van der Waals surface area contributed by atoms with E-state index in [1.165, 1.54) is 0 Å². The van der Waals surface area contributed by atoms with E-state index in [1.54, 1.807) is 29.9 Å². The Bertz CT molecular complexity index is 867. The lowest BCUT2D eigenvalue weighted by Crippen LogP contribution is -2.07. The van der Waals surface area contributed by atoms with E-state index >= 15 is 0 Å². The van der Waals surface area contributed by atoms with Crippen molar-refractivity contribution in [1.29, 1.82) is 0 Å². The van der Waals surface area contributed by atoms with Crippen LogP contribution < -0.4 is 0 Å². The normalized spacial score (nSPS) is 11.0. The molecule has 5 heteroatoms. The molecule has 21 heavy (non-hydrogen) atoms. The Morgan fingerprint density at radius 2 is 1.67 bits per heavy atom. The first-order valence-corrected chi connectivity index (χ1v) is 6.23. The molecule has 1 aromatic heterocycles. The Morgan fingerprint density at radius 3 is 2.43 bits per heavy atom. The maximum atomic E-state index is 13.8. The molecule has 3 aromatic rings. The van der Waals surface area contributed by atoms with Gasteiger partial charge in [-0.25, -0.2) is 13.2 Å². The molecule has 0 amide bonds. The van der Waals surface area contributed by atoms with Crippen molar-refractivity contribution in [3.05, 3.63) is 71.2 Å². The molecule has 0 spiro atoms. The van der Waals surface area contributed by atoms with E-state index in [1.807, 2.05) is 12.1 Å². The second-order valence-corrected chi connectivity index (χ2v) is 4.72. The predicted octanol–water partition coefficient (Wildman–Crippen LogP) is 3.83. The van der Waals surface area contributed by atoms with E-state index in [0.29, 0.717) is 5.39 Å². The summed E-state index contributed by atoms with van der Waals surface area (Å²) in [4.78, 5) is 12.4. The van der Waals surface area contributed by atoms with Crippen LogP contribution in [0.4, 0.5) is 13.2 Å². The molecule has 0 radical (unpaired) electrons. The zero-order chi connectivity index (χ0) is 15.1. The molecular weight excluding hydrogens is 279 g/mol. The number of aromatic nitrogens is 1. The summed E-state index contributed by atoms with van der Waals surface area (Å²) in [6.07, 6.45) is 1.55. The van der Waals surface area contributed by atoms with Crippen molar-refractivity contribution in [1.82, 2.24) is 4.57 Å². The summed E-state index contributed by atoms with van der Waals surface area (Å²) in [6.45, 7) is 0. The monoisotopic (exact) mass is 289 g/mol. The van der Waals surface area contributed by atoms with Gasteiger partial charge in [-0.05, 0) is 18.2 Å². The molecule has 0 saturated heterocycles. The minimum atomic E-state index is -1.64. The van der Waals surface area contributed by atoms with Crippen molar-refractivity contribution < 1.29 is 18.0 Å². The summed E-state index contributed by atoms with van der Waals surface area (Å²) < 4.78 is 41.7. The van der Waals surface area contributed by atoms with Gasteiger partial charge in [0.2, 0.25) is 0 Å². The van der Waals surface area contributed by atoms with Crippen molar-refractivity contribution in [2.75, 3.05) is 0 Å². The second kappa shape index (κ2) is 4.77. The number of nitrogens with zero attached hydrogens (tertiary/aromatic N) is 1. The quantitative estimate of drug-likeness (QED) is 0.519. The Kier molecular flexibility index (Phi) is 3.05. The number of rotatable bonds is 2. The lowest BCUT2D eigenvalue weighted by atomic mass is 10.0. The number of aryl methyl sites for hydroxylation is 1. The Morgan fingerprint density at radius 1 is 0.952 bits per heavy atom. The lowest BCUT2D eigenvalue weighted by molar-refractivity contribution is 0.103. The van der Waals surface area contributed by atoms with E-state index in [4.69, 9.17) is 0 Å². The van der Waals surface area contributed by atoms with E-state index in [2.05, 4.69) is 0 Å². The first-order chi connectivity index (χ1) is 10.0. The highest BCUT2D eigenvalue weighted by atomic mass is 19.2. The van der Waals surface area contributed by atoms with Crippen LogP contribution in [0.15, 0.2) is 42.6 Å². The van der Waals surface area contributed by atoms with E-state index in [-0.39, 0.29) is 5.56 Å². The third-order valence-electron chi connectivity index (χ3n) is 3.42. The third-order valence-corrected chi connectivity index (χ3v) is 3.42. The number of carbonyl (C=O) groups excluding carboxylic acids is 1. The average Bonchev–Trinajstić information content (AvgIpc) is 2.82. The molecule has 1 heterocycles. The van der Waals surface area contributed by atoms with Gasteiger partial charge in [-0.3, -0.25) is 4.79 Å². The number of ketones is 1. The number of benzene rings is 2. The van der Waals surface area contributed by atoms with Crippen LogP contribution >= 0.6 is 0 Å². The van der Waals surface area contributed by atoms with Gasteiger partial charge in [-0.2, -0.15) is 0 Å². The van der Waals surface area contributed by atoms with Crippen molar-refractivity contribution >= 4 is 16.7 Å². The largest absolute Gasteiger partial charge is 0.350 e. The summed E-state index contributed by atoms with van der Waals surface area (Å²) in [5, 5.41) is 0.633. The molecule has 0 N–H and O–H groups in total. The highest BCUT2D eigenvalue weighted by Gasteiger charge is 2.22. The van der Waals surface area contributed by atoms with Gasteiger partial charge >= 0.3 is 0 Å². The van der Waals surface area contributed by atoms with Crippen molar-refractivity contribution in [2.45, 2.75) is 0 Å². The standard InChI is InChI=1S/C16H10F3NO/c1-20-8-11(9-4-2-3-5-13(9)20)16(21)10-6-7-12(17)15(19)14(10)18/h2-8H,1H3. The highest BCUT2D eigenvalue weighted by Crippen LogP contribution is 2.25. The van der Waals surface area contributed by atoms with Gasteiger partial charge in [0.25, 0.3) is 0 Å².